The number of alkyl halides is 1. The van der Waals surface area contributed by atoms with Crippen molar-refractivity contribution >= 4 is 29.3 Å². The summed E-state index contributed by atoms with van der Waals surface area (Å²) in [5.41, 5.74) is 0. The topological polar surface area (TPSA) is 69.7 Å². The van der Waals surface area contributed by atoms with Crippen LogP contribution in [0.25, 0.3) is 0 Å². The zero-order chi connectivity index (χ0) is 13.3. The summed E-state index contributed by atoms with van der Waals surface area (Å²) < 4.78 is 9.61. The molecule has 0 radical (unpaired) electrons. The number of hydrogen-bond acceptors (Lipinski definition) is 5. The van der Waals surface area contributed by atoms with Crippen LogP contribution in [0.2, 0.25) is 0 Å². The SMILES string of the molecule is CCOC(=O)C[C@@H](CC(=O)CCCl)OC(C)=O. The van der Waals surface area contributed by atoms with Crippen LogP contribution in [0.3, 0.4) is 0 Å². The van der Waals surface area contributed by atoms with Crippen molar-refractivity contribution in [2.45, 2.75) is 39.2 Å². The largest absolute Gasteiger partial charge is 0.466 e. The number of ether oxygens (including phenoxy) is 2. The van der Waals surface area contributed by atoms with Gasteiger partial charge in [-0.15, -0.1) is 11.6 Å². The lowest BCUT2D eigenvalue weighted by molar-refractivity contribution is -0.154. The molecule has 0 heterocycles. The van der Waals surface area contributed by atoms with Gasteiger partial charge in [0.2, 0.25) is 0 Å². The highest BCUT2D eigenvalue weighted by atomic mass is 35.5. The molecule has 0 amide bonds. The van der Waals surface area contributed by atoms with Gasteiger partial charge in [-0.3, -0.25) is 14.4 Å². The van der Waals surface area contributed by atoms with Crippen molar-refractivity contribution < 1.29 is 23.9 Å². The van der Waals surface area contributed by atoms with Crippen molar-refractivity contribution in [2.24, 2.45) is 0 Å². The van der Waals surface area contributed by atoms with E-state index in [9.17, 15) is 14.4 Å². The van der Waals surface area contributed by atoms with Crippen LogP contribution in [0.15, 0.2) is 0 Å². The Morgan fingerprint density at radius 1 is 1.24 bits per heavy atom. The molecule has 1 atom stereocenters. The van der Waals surface area contributed by atoms with Gasteiger partial charge in [-0.1, -0.05) is 0 Å². The van der Waals surface area contributed by atoms with Crippen molar-refractivity contribution in [1.29, 1.82) is 0 Å². The highest BCUT2D eigenvalue weighted by Gasteiger charge is 2.20. The summed E-state index contributed by atoms with van der Waals surface area (Å²) in [5.74, 6) is -0.948. The molecule has 0 aliphatic rings. The number of esters is 2. The average Bonchev–Trinajstić information content (AvgIpc) is 2.16. The molecule has 0 N–H and O–H groups in total. The van der Waals surface area contributed by atoms with E-state index in [4.69, 9.17) is 21.1 Å². The predicted molar refractivity (Wildman–Crippen MR) is 61.8 cm³/mol. The fourth-order valence-electron chi connectivity index (χ4n) is 1.26. The molecule has 0 aliphatic carbocycles. The van der Waals surface area contributed by atoms with Crippen LogP contribution in [0, 0.1) is 0 Å². The summed E-state index contributed by atoms with van der Waals surface area (Å²) in [6.45, 7) is 3.16. The third kappa shape index (κ3) is 8.68. The smallest absolute Gasteiger partial charge is 0.309 e. The van der Waals surface area contributed by atoms with E-state index in [2.05, 4.69) is 0 Å². The first-order valence-corrected chi connectivity index (χ1v) is 5.93. The number of Topliss-reactive ketones (excluding diaryl/α,β-unsaturated/α-hetero) is 1. The Labute approximate surface area is 105 Å². The molecule has 0 unspecified atom stereocenters. The third-order valence-electron chi connectivity index (χ3n) is 1.86. The number of halogens is 1. The quantitative estimate of drug-likeness (QED) is 0.490. The van der Waals surface area contributed by atoms with Gasteiger partial charge in [0, 0.05) is 25.6 Å². The number of hydrogen-bond donors (Lipinski definition) is 0. The fourth-order valence-corrected chi connectivity index (χ4v) is 1.47. The van der Waals surface area contributed by atoms with E-state index >= 15 is 0 Å². The monoisotopic (exact) mass is 264 g/mol. The van der Waals surface area contributed by atoms with Gasteiger partial charge in [-0.2, -0.15) is 0 Å². The minimum atomic E-state index is -0.762. The zero-order valence-corrected chi connectivity index (χ0v) is 10.8. The molecule has 0 aromatic heterocycles. The maximum absolute atomic E-state index is 11.3. The average molecular weight is 265 g/mol. The van der Waals surface area contributed by atoms with Crippen molar-refractivity contribution in [3.63, 3.8) is 0 Å². The Hall–Kier alpha value is -1.10. The lowest BCUT2D eigenvalue weighted by atomic mass is 10.1. The molecule has 6 heteroatoms. The second-order valence-corrected chi connectivity index (χ2v) is 3.80. The summed E-state index contributed by atoms with van der Waals surface area (Å²) in [4.78, 5) is 33.4. The summed E-state index contributed by atoms with van der Waals surface area (Å²) >= 11 is 5.42. The van der Waals surface area contributed by atoms with Crippen molar-refractivity contribution in [3.8, 4) is 0 Å². The highest BCUT2D eigenvalue weighted by Crippen LogP contribution is 2.09. The molecule has 0 saturated heterocycles. The standard InChI is InChI=1S/C11H17ClO5/c1-3-16-11(15)7-10(17-8(2)13)6-9(14)4-5-12/h10H,3-7H2,1-2H3/t10-/m1/s1. The first-order valence-electron chi connectivity index (χ1n) is 5.40. The Kier molecular flexibility index (Phi) is 8.40. The Morgan fingerprint density at radius 3 is 2.35 bits per heavy atom. The lowest BCUT2D eigenvalue weighted by Crippen LogP contribution is -2.24. The number of carbonyl (C=O) groups is 3. The van der Waals surface area contributed by atoms with Crippen LogP contribution < -0.4 is 0 Å². The molecule has 17 heavy (non-hydrogen) atoms. The summed E-state index contributed by atoms with van der Waals surface area (Å²) in [5, 5.41) is 0. The summed E-state index contributed by atoms with van der Waals surface area (Å²) in [6, 6.07) is 0. The van der Waals surface area contributed by atoms with Gasteiger partial charge in [0.1, 0.15) is 11.9 Å². The van der Waals surface area contributed by atoms with E-state index in [0.717, 1.165) is 0 Å². The van der Waals surface area contributed by atoms with Gasteiger partial charge in [0.25, 0.3) is 0 Å². The van der Waals surface area contributed by atoms with E-state index < -0.39 is 18.0 Å². The van der Waals surface area contributed by atoms with Gasteiger partial charge in [0.15, 0.2) is 0 Å². The molecule has 98 valence electrons. The maximum atomic E-state index is 11.3. The number of rotatable bonds is 8. The lowest BCUT2D eigenvalue weighted by Gasteiger charge is -2.15. The van der Waals surface area contributed by atoms with Gasteiger partial charge in [-0.25, -0.2) is 0 Å². The minimum Gasteiger partial charge on any atom is -0.466 e. The molecule has 0 aromatic carbocycles. The van der Waals surface area contributed by atoms with E-state index in [0.29, 0.717) is 0 Å². The van der Waals surface area contributed by atoms with Crippen LogP contribution in [0.4, 0.5) is 0 Å². The van der Waals surface area contributed by atoms with Gasteiger partial charge in [-0.05, 0) is 6.92 Å². The molecule has 0 aromatic rings. The molecule has 0 spiro atoms. The van der Waals surface area contributed by atoms with Crippen molar-refractivity contribution in [3.05, 3.63) is 0 Å². The molecule has 0 aliphatic heterocycles. The first-order chi connectivity index (χ1) is 7.99. The van der Waals surface area contributed by atoms with Crippen LogP contribution in [0.1, 0.15) is 33.1 Å². The number of carbonyl (C=O) groups excluding carboxylic acids is 3. The predicted octanol–water partition coefficient (Wildman–Crippen LogP) is 1.46. The minimum absolute atomic E-state index is 0.00882. The Bertz CT molecular complexity index is 257. The van der Waals surface area contributed by atoms with Crippen LogP contribution in [0.5, 0.6) is 0 Å². The molecule has 0 rings (SSSR count). The second kappa shape index (κ2) is 8.98. The van der Waals surface area contributed by atoms with Gasteiger partial charge in [0.05, 0.1) is 13.0 Å². The Morgan fingerprint density at radius 2 is 1.88 bits per heavy atom. The second-order valence-electron chi connectivity index (χ2n) is 3.42. The Balaban J connectivity index is 4.27. The third-order valence-corrected chi connectivity index (χ3v) is 2.05. The molecule has 0 saturated carbocycles. The van der Waals surface area contributed by atoms with E-state index in [1.165, 1.54) is 6.92 Å². The van der Waals surface area contributed by atoms with E-state index in [-0.39, 0.29) is 37.5 Å². The first kappa shape index (κ1) is 15.9. The summed E-state index contributed by atoms with van der Waals surface area (Å²) in [7, 11) is 0. The molecule has 0 fully saturated rings. The number of ketones is 1. The van der Waals surface area contributed by atoms with E-state index in [1.807, 2.05) is 0 Å². The highest BCUT2D eigenvalue weighted by molar-refractivity contribution is 6.19. The molecule has 0 bridgehead atoms. The fraction of sp³-hybridized carbons (Fsp3) is 0.727. The zero-order valence-electron chi connectivity index (χ0n) is 10.0. The van der Waals surface area contributed by atoms with Crippen molar-refractivity contribution in [1.82, 2.24) is 0 Å². The molecular weight excluding hydrogens is 248 g/mol. The van der Waals surface area contributed by atoms with E-state index in [1.54, 1.807) is 6.92 Å². The molecule has 5 nitrogen and oxygen atoms in total. The van der Waals surface area contributed by atoms with Crippen LogP contribution >= 0.6 is 11.6 Å². The normalized spacial score (nSPS) is 11.7. The van der Waals surface area contributed by atoms with Crippen molar-refractivity contribution in [2.75, 3.05) is 12.5 Å². The van der Waals surface area contributed by atoms with Gasteiger partial charge < -0.3 is 9.47 Å². The van der Waals surface area contributed by atoms with Gasteiger partial charge >= 0.3 is 11.9 Å². The van der Waals surface area contributed by atoms with Crippen LogP contribution in [-0.4, -0.2) is 36.3 Å². The summed E-state index contributed by atoms with van der Waals surface area (Å²) in [6.07, 6.45) is -0.684. The molecular formula is C11H17ClO5. The van der Waals surface area contributed by atoms with Crippen LogP contribution in [-0.2, 0) is 23.9 Å². The maximum Gasteiger partial charge on any atom is 0.309 e.